The van der Waals surface area contributed by atoms with Gasteiger partial charge in [-0.2, -0.15) is 0 Å². The van der Waals surface area contributed by atoms with Gasteiger partial charge in [-0.1, -0.05) is 41.9 Å². The molecule has 1 heterocycles. The van der Waals surface area contributed by atoms with Gasteiger partial charge in [-0.05, 0) is 72.6 Å². The van der Waals surface area contributed by atoms with Crippen LogP contribution < -0.4 is 9.47 Å². The van der Waals surface area contributed by atoms with Gasteiger partial charge in [0, 0.05) is 18.0 Å². The molecule has 0 radical (unpaired) electrons. The highest BCUT2D eigenvalue weighted by Gasteiger charge is 2.16. The molecule has 0 saturated carbocycles. The maximum absolute atomic E-state index is 13.1. The van der Waals surface area contributed by atoms with Crippen molar-refractivity contribution >= 4 is 17.5 Å². The highest BCUT2D eigenvalue weighted by Crippen LogP contribution is 2.25. The number of rotatable bonds is 11. The molecule has 3 aromatic carbocycles. The van der Waals surface area contributed by atoms with Crippen LogP contribution in [0.4, 0.5) is 0 Å². The lowest BCUT2D eigenvalue weighted by atomic mass is 10.1. The Balaban J connectivity index is 1.38. The number of amides is 1. The monoisotopic (exact) mass is 475 g/mol. The van der Waals surface area contributed by atoms with Crippen molar-refractivity contribution in [2.75, 3.05) is 6.61 Å². The van der Waals surface area contributed by atoms with Crippen LogP contribution in [0, 0.1) is 0 Å². The van der Waals surface area contributed by atoms with Crippen molar-refractivity contribution in [3.05, 3.63) is 114 Å². The van der Waals surface area contributed by atoms with Gasteiger partial charge in [0.1, 0.15) is 23.0 Å². The second-order valence-corrected chi connectivity index (χ2v) is 8.23. The predicted octanol–water partition coefficient (Wildman–Crippen LogP) is 7.11. The fraction of sp³-hybridized carbons (Fsp3) is 0.179. The van der Waals surface area contributed by atoms with Crippen LogP contribution in [0.15, 0.2) is 102 Å². The summed E-state index contributed by atoms with van der Waals surface area (Å²) >= 11 is 5.95. The standard InChI is InChI=1S/C28H26ClNO4/c29-23-13-15-25(16-14-23)34-26-10-4-7-22(19-26)20-30(21-27-11-5-17-33-27)28(31)12-6-18-32-24-8-2-1-3-9-24/h1-5,7-11,13-17,19H,6,12,18,20-21H2. The van der Waals surface area contributed by atoms with E-state index in [2.05, 4.69) is 0 Å². The van der Waals surface area contributed by atoms with Gasteiger partial charge in [-0.25, -0.2) is 0 Å². The number of carbonyl (C=O) groups is 1. The Morgan fingerprint density at radius 3 is 2.38 bits per heavy atom. The number of furan rings is 1. The Kier molecular flexibility index (Phi) is 8.25. The largest absolute Gasteiger partial charge is 0.494 e. The number of nitrogens with zero attached hydrogens (tertiary/aromatic N) is 1. The van der Waals surface area contributed by atoms with Crippen LogP contribution in [0.5, 0.6) is 17.2 Å². The topological polar surface area (TPSA) is 51.9 Å². The van der Waals surface area contributed by atoms with E-state index in [1.807, 2.05) is 78.9 Å². The first-order chi connectivity index (χ1) is 16.7. The number of hydrogen-bond donors (Lipinski definition) is 0. The lowest BCUT2D eigenvalue weighted by Gasteiger charge is -2.22. The molecule has 1 amide bonds. The van der Waals surface area contributed by atoms with Crippen molar-refractivity contribution in [2.45, 2.75) is 25.9 Å². The Labute approximate surface area is 204 Å². The zero-order valence-corrected chi connectivity index (χ0v) is 19.5. The van der Waals surface area contributed by atoms with E-state index >= 15 is 0 Å². The fourth-order valence-electron chi connectivity index (χ4n) is 3.48. The van der Waals surface area contributed by atoms with Crippen LogP contribution in [0.1, 0.15) is 24.2 Å². The first-order valence-electron chi connectivity index (χ1n) is 11.2. The number of para-hydroxylation sites is 1. The second-order valence-electron chi connectivity index (χ2n) is 7.80. The first-order valence-corrected chi connectivity index (χ1v) is 11.5. The minimum absolute atomic E-state index is 0.0390. The molecule has 4 rings (SSSR count). The zero-order valence-electron chi connectivity index (χ0n) is 18.7. The quantitative estimate of drug-likeness (QED) is 0.217. The number of ether oxygens (including phenoxy) is 2. The first kappa shape index (κ1) is 23.5. The third kappa shape index (κ3) is 7.15. The summed E-state index contributed by atoms with van der Waals surface area (Å²) in [6, 6.07) is 28.2. The molecule has 0 saturated heterocycles. The molecule has 0 bridgehead atoms. The molecule has 0 aliphatic heterocycles. The van der Waals surface area contributed by atoms with Gasteiger partial charge in [0.15, 0.2) is 0 Å². The van der Waals surface area contributed by atoms with E-state index in [0.29, 0.717) is 49.1 Å². The maximum atomic E-state index is 13.1. The van der Waals surface area contributed by atoms with Crippen molar-refractivity contribution in [2.24, 2.45) is 0 Å². The highest BCUT2D eigenvalue weighted by atomic mass is 35.5. The third-order valence-electron chi connectivity index (χ3n) is 5.15. The summed E-state index contributed by atoms with van der Waals surface area (Å²) < 4.78 is 17.2. The van der Waals surface area contributed by atoms with E-state index in [1.165, 1.54) is 0 Å². The molecule has 5 nitrogen and oxygen atoms in total. The minimum Gasteiger partial charge on any atom is -0.494 e. The lowest BCUT2D eigenvalue weighted by Crippen LogP contribution is -2.30. The molecule has 0 atom stereocenters. The predicted molar refractivity (Wildman–Crippen MR) is 132 cm³/mol. The lowest BCUT2D eigenvalue weighted by molar-refractivity contribution is -0.133. The van der Waals surface area contributed by atoms with Crippen LogP contribution in [0.3, 0.4) is 0 Å². The molecule has 6 heteroatoms. The molecule has 0 fully saturated rings. The summed E-state index contributed by atoms with van der Waals surface area (Å²) in [7, 11) is 0. The summed E-state index contributed by atoms with van der Waals surface area (Å²) in [5.74, 6) is 2.98. The van der Waals surface area contributed by atoms with Gasteiger partial charge < -0.3 is 18.8 Å². The van der Waals surface area contributed by atoms with Crippen LogP contribution in [0.25, 0.3) is 0 Å². The van der Waals surface area contributed by atoms with Crippen LogP contribution in [-0.2, 0) is 17.9 Å². The van der Waals surface area contributed by atoms with E-state index in [-0.39, 0.29) is 5.91 Å². The molecule has 34 heavy (non-hydrogen) atoms. The number of carbonyl (C=O) groups excluding carboxylic acids is 1. The molecular formula is C28H26ClNO4. The van der Waals surface area contributed by atoms with Gasteiger partial charge in [-0.3, -0.25) is 4.79 Å². The van der Waals surface area contributed by atoms with Crippen molar-refractivity contribution in [1.29, 1.82) is 0 Å². The van der Waals surface area contributed by atoms with Gasteiger partial charge in [0.25, 0.3) is 0 Å². The van der Waals surface area contributed by atoms with Gasteiger partial charge >= 0.3 is 0 Å². The van der Waals surface area contributed by atoms with E-state index in [4.69, 9.17) is 25.5 Å². The average Bonchev–Trinajstić information content (AvgIpc) is 3.37. The van der Waals surface area contributed by atoms with Crippen molar-refractivity contribution < 1.29 is 18.7 Å². The van der Waals surface area contributed by atoms with Crippen molar-refractivity contribution in [3.63, 3.8) is 0 Å². The third-order valence-corrected chi connectivity index (χ3v) is 5.40. The van der Waals surface area contributed by atoms with E-state index in [1.54, 1.807) is 23.3 Å². The van der Waals surface area contributed by atoms with Crippen molar-refractivity contribution in [1.82, 2.24) is 4.90 Å². The number of halogens is 1. The number of hydrogen-bond acceptors (Lipinski definition) is 4. The van der Waals surface area contributed by atoms with Gasteiger partial charge in [-0.15, -0.1) is 0 Å². The Morgan fingerprint density at radius 2 is 1.62 bits per heavy atom. The summed E-state index contributed by atoms with van der Waals surface area (Å²) in [6.45, 7) is 1.32. The summed E-state index contributed by atoms with van der Waals surface area (Å²) in [5.41, 5.74) is 0.965. The minimum atomic E-state index is 0.0390. The van der Waals surface area contributed by atoms with E-state index < -0.39 is 0 Å². The molecule has 174 valence electrons. The Bertz CT molecular complexity index is 1160. The Hall–Kier alpha value is -3.70. The Morgan fingerprint density at radius 1 is 0.824 bits per heavy atom. The molecule has 1 aromatic heterocycles. The highest BCUT2D eigenvalue weighted by molar-refractivity contribution is 6.30. The maximum Gasteiger partial charge on any atom is 0.223 e. The molecule has 4 aromatic rings. The van der Waals surface area contributed by atoms with Gasteiger partial charge in [0.2, 0.25) is 5.91 Å². The molecule has 0 unspecified atom stereocenters. The normalized spacial score (nSPS) is 10.6. The van der Waals surface area contributed by atoms with Crippen LogP contribution in [0.2, 0.25) is 5.02 Å². The summed E-state index contributed by atoms with van der Waals surface area (Å²) in [4.78, 5) is 14.9. The second kappa shape index (κ2) is 12.0. The fourth-order valence-corrected chi connectivity index (χ4v) is 3.60. The van der Waals surface area contributed by atoms with Crippen LogP contribution in [-0.4, -0.2) is 17.4 Å². The number of benzene rings is 3. The summed E-state index contributed by atoms with van der Waals surface area (Å²) in [6.07, 6.45) is 2.63. The summed E-state index contributed by atoms with van der Waals surface area (Å²) in [5, 5.41) is 0.655. The molecule has 0 aliphatic carbocycles. The van der Waals surface area contributed by atoms with Crippen molar-refractivity contribution in [3.8, 4) is 17.2 Å². The van der Waals surface area contributed by atoms with Gasteiger partial charge in [0.05, 0.1) is 19.4 Å². The van der Waals surface area contributed by atoms with E-state index in [9.17, 15) is 4.79 Å². The van der Waals surface area contributed by atoms with Crippen LogP contribution >= 0.6 is 11.6 Å². The SMILES string of the molecule is O=C(CCCOc1ccccc1)N(Cc1cccc(Oc2ccc(Cl)cc2)c1)Cc1ccco1. The molecular weight excluding hydrogens is 450 g/mol. The molecule has 0 aliphatic rings. The average molecular weight is 476 g/mol. The van der Waals surface area contributed by atoms with E-state index in [0.717, 1.165) is 17.1 Å². The smallest absolute Gasteiger partial charge is 0.223 e. The molecule has 0 spiro atoms. The molecule has 0 N–H and O–H groups in total. The zero-order chi connectivity index (χ0) is 23.6.